The van der Waals surface area contributed by atoms with Crippen LogP contribution in [-0.2, 0) is 21.4 Å². The summed E-state index contributed by atoms with van der Waals surface area (Å²) in [4.78, 5) is 15.1. The first-order valence-corrected chi connectivity index (χ1v) is 14.3. The average Bonchev–Trinajstić information content (AvgIpc) is 2.90. The van der Waals surface area contributed by atoms with Crippen molar-refractivity contribution >= 4 is 39.1 Å². The summed E-state index contributed by atoms with van der Waals surface area (Å²) in [7, 11) is -2.17. The molecule has 196 valence electrons. The molecule has 3 aromatic carbocycles. The van der Waals surface area contributed by atoms with E-state index in [-0.39, 0.29) is 40.4 Å². The molecule has 1 aliphatic heterocycles. The van der Waals surface area contributed by atoms with Gasteiger partial charge in [0.1, 0.15) is 10.6 Å². The number of amides is 1. The lowest BCUT2D eigenvalue weighted by Gasteiger charge is -2.42. The van der Waals surface area contributed by atoms with E-state index in [0.29, 0.717) is 31.7 Å². The molecule has 0 spiro atoms. The molecule has 37 heavy (non-hydrogen) atoms. The summed E-state index contributed by atoms with van der Waals surface area (Å²) in [5, 5.41) is 0.177. The van der Waals surface area contributed by atoms with Gasteiger partial charge in [0.25, 0.3) is 0 Å². The second-order valence-corrected chi connectivity index (χ2v) is 12.2. The minimum absolute atomic E-state index is 0.000420. The molecular weight excluding hydrogens is 531 g/mol. The fourth-order valence-electron chi connectivity index (χ4n) is 4.66. The van der Waals surface area contributed by atoms with Crippen molar-refractivity contribution in [2.75, 3.05) is 26.7 Å². The summed E-state index contributed by atoms with van der Waals surface area (Å²) >= 11 is 12.4. The number of halogens is 2. The molecule has 0 bridgehead atoms. The van der Waals surface area contributed by atoms with Crippen molar-refractivity contribution in [1.29, 1.82) is 0 Å². The third-order valence-corrected chi connectivity index (χ3v) is 9.48. The van der Waals surface area contributed by atoms with Gasteiger partial charge in [-0.05, 0) is 42.7 Å². The normalized spacial score (nSPS) is 18.4. The Balaban J connectivity index is 1.59. The molecule has 9 heteroatoms. The van der Waals surface area contributed by atoms with E-state index in [1.165, 1.54) is 10.4 Å². The van der Waals surface area contributed by atoms with Crippen LogP contribution in [0.15, 0.2) is 83.8 Å². The van der Waals surface area contributed by atoms with E-state index in [4.69, 9.17) is 27.9 Å². The molecule has 1 amide bonds. The summed E-state index contributed by atoms with van der Waals surface area (Å²) in [6, 6.07) is 23.7. The van der Waals surface area contributed by atoms with Crippen molar-refractivity contribution in [3.8, 4) is 5.75 Å². The van der Waals surface area contributed by atoms with Gasteiger partial charge in [-0.3, -0.25) is 4.79 Å². The number of rotatable bonds is 9. The molecule has 1 atom stereocenters. The van der Waals surface area contributed by atoms with E-state index in [0.717, 1.165) is 5.56 Å². The molecule has 4 rings (SSSR count). The highest BCUT2D eigenvalue weighted by Crippen LogP contribution is 2.39. The Kier molecular flexibility index (Phi) is 8.80. The number of carbonyl (C=O) groups is 1. The van der Waals surface area contributed by atoms with Crippen LogP contribution in [0.4, 0.5) is 0 Å². The summed E-state index contributed by atoms with van der Waals surface area (Å²) in [5.41, 5.74) is 0.310. The molecule has 1 aliphatic rings. The van der Waals surface area contributed by atoms with Crippen molar-refractivity contribution in [1.82, 2.24) is 9.21 Å². The van der Waals surface area contributed by atoms with Crippen LogP contribution in [0.25, 0.3) is 0 Å². The van der Waals surface area contributed by atoms with Crippen LogP contribution in [0.1, 0.15) is 24.8 Å². The maximum absolute atomic E-state index is 13.6. The zero-order valence-corrected chi connectivity index (χ0v) is 23.0. The van der Waals surface area contributed by atoms with Gasteiger partial charge in [-0.1, -0.05) is 77.8 Å². The first-order chi connectivity index (χ1) is 17.7. The van der Waals surface area contributed by atoms with Gasteiger partial charge in [0.2, 0.25) is 15.9 Å². The van der Waals surface area contributed by atoms with Crippen molar-refractivity contribution in [2.45, 2.75) is 30.7 Å². The summed E-state index contributed by atoms with van der Waals surface area (Å²) in [6.45, 7) is 1.13. The number of ether oxygens (including phenoxy) is 1. The van der Waals surface area contributed by atoms with Crippen molar-refractivity contribution < 1.29 is 17.9 Å². The number of hydrogen-bond acceptors (Lipinski definition) is 4. The second-order valence-electron chi connectivity index (χ2n) is 9.51. The lowest BCUT2D eigenvalue weighted by Crippen LogP contribution is -2.50. The van der Waals surface area contributed by atoms with Crippen molar-refractivity contribution in [3.05, 3.63) is 94.5 Å². The highest BCUT2D eigenvalue weighted by atomic mass is 35.5. The average molecular weight is 562 g/mol. The summed E-state index contributed by atoms with van der Waals surface area (Å²) in [6.07, 6.45) is 1.39. The molecule has 1 fully saturated rings. The number of benzene rings is 3. The maximum Gasteiger partial charge on any atom is 0.244 e. The van der Waals surface area contributed by atoms with Gasteiger partial charge in [0.15, 0.2) is 0 Å². The summed E-state index contributed by atoms with van der Waals surface area (Å²) in [5.74, 6) is 0.602. The minimum Gasteiger partial charge on any atom is -0.493 e. The van der Waals surface area contributed by atoms with Crippen LogP contribution >= 0.6 is 23.2 Å². The smallest absolute Gasteiger partial charge is 0.244 e. The topological polar surface area (TPSA) is 66.9 Å². The van der Waals surface area contributed by atoms with E-state index >= 15 is 0 Å². The molecule has 3 aromatic rings. The fourth-order valence-corrected chi connectivity index (χ4v) is 6.99. The van der Waals surface area contributed by atoms with E-state index < -0.39 is 15.4 Å². The van der Waals surface area contributed by atoms with Gasteiger partial charge >= 0.3 is 0 Å². The number of para-hydroxylation sites is 1. The molecule has 1 saturated heterocycles. The van der Waals surface area contributed by atoms with Crippen molar-refractivity contribution in [2.24, 2.45) is 5.41 Å². The van der Waals surface area contributed by atoms with Crippen LogP contribution in [0, 0.1) is 5.41 Å². The maximum atomic E-state index is 13.6. The van der Waals surface area contributed by atoms with Gasteiger partial charge in [-0.25, -0.2) is 8.42 Å². The zero-order chi connectivity index (χ0) is 26.5. The number of sulfonamides is 1. The largest absolute Gasteiger partial charge is 0.493 e. The van der Waals surface area contributed by atoms with E-state index in [1.807, 2.05) is 60.7 Å². The quantitative estimate of drug-likeness (QED) is 0.327. The van der Waals surface area contributed by atoms with Crippen molar-refractivity contribution in [3.63, 3.8) is 0 Å². The van der Waals surface area contributed by atoms with E-state index in [9.17, 15) is 13.2 Å². The fraction of sp³-hybridized carbons (Fsp3) is 0.321. The Labute approximate surface area is 228 Å². The first-order valence-electron chi connectivity index (χ1n) is 12.1. The number of piperidine rings is 1. The highest BCUT2D eigenvalue weighted by molar-refractivity contribution is 7.89. The van der Waals surface area contributed by atoms with E-state index in [2.05, 4.69) is 0 Å². The predicted octanol–water partition coefficient (Wildman–Crippen LogP) is 5.89. The Bertz CT molecular complexity index is 1320. The summed E-state index contributed by atoms with van der Waals surface area (Å²) < 4.78 is 34.8. The SMILES string of the molecule is CN(Cc1ccccc1)C(=O)C[C@@]1(COc2ccccc2)CCCN(S(=O)(=O)c2cccc(Cl)c2Cl)C1. The van der Waals surface area contributed by atoms with Crippen LogP contribution in [0.2, 0.25) is 10.0 Å². The molecule has 6 nitrogen and oxygen atoms in total. The lowest BCUT2D eigenvalue weighted by molar-refractivity contribution is -0.134. The van der Waals surface area contributed by atoms with Crippen LogP contribution in [0.3, 0.4) is 0 Å². The molecular formula is C28H30Cl2N2O4S. The monoisotopic (exact) mass is 560 g/mol. The van der Waals surface area contributed by atoms with Gasteiger partial charge in [0, 0.05) is 38.5 Å². The third kappa shape index (κ3) is 6.65. The van der Waals surface area contributed by atoms with Gasteiger partial charge in [0.05, 0.1) is 16.7 Å². The molecule has 0 unspecified atom stereocenters. The first kappa shape index (κ1) is 27.5. The van der Waals surface area contributed by atoms with Crippen LogP contribution in [0.5, 0.6) is 5.75 Å². The Morgan fingerprint density at radius 2 is 1.68 bits per heavy atom. The molecule has 0 aromatic heterocycles. The molecule has 0 saturated carbocycles. The molecule has 1 heterocycles. The van der Waals surface area contributed by atoms with Crippen LogP contribution in [-0.4, -0.2) is 50.3 Å². The minimum atomic E-state index is -3.94. The molecule has 0 radical (unpaired) electrons. The third-order valence-electron chi connectivity index (χ3n) is 6.66. The standard InChI is InChI=1S/C28H30Cl2N2O4S/c1-31(19-22-10-4-2-5-11-22)26(33)18-28(21-36-23-12-6-3-7-13-23)16-9-17-32(20-28)37(34,35)25-15-8-14-24(29)27(25)30/h2-8,10-15H,9,16-21H2,1H3/t28-/m0/s1. The Hall–Kier alpha value is -2.58. The lowest BCUT2D eigenvalue weighted by atomic mass is 9.78. The van der Waals surface area contributed by atoms with Gasteiger partial charge in [-0.15, -0.1) is 0 Å². The second kappa shape index (κ2) is 11.9. The number of hydrogen-bond donors (Lipinski definition) is 0. The molecule has 0 aliphatic carbocycles. The molecule has 0 N–H and O–H groups in total. The Morgan fingerprint density at radius 3 is 2.38 bits per heavy atom. The Morgan fingerprint density at radius 1 is 1.00 bits per heavy atom. The predicted molar refractivity (Wildman–Crippen MR) is 146 cm³/mol. The zero-order valence-electron chi connectivity index (χ0n) is 20.6. The highest BCUT2D eigenvalue weighted by Gasteiger charge is 2.43. The van der Waals surface area contributed by atoms with E-state index in [1.54, 1.807) is 24.1 Å². The van der Waals surface area contributed by atoms with Crippen LogP contribution < -0.4 is 4.74 Å². The van der Waals surface area contributed by atoms with Gasteiger partial charge < -0.3 is 9.64 Å². The van der Waals surface area contributed by atoms with Gasteiger partial charge in [-0.2, -0.15) is 4.31 Å². The number of carbonyl (C=O) groups excluding carboxylic acids is 1. The number of nitrogens with zero attached hydrogens (tertiary/aromatic N) is 2.